The molecule has 1 N–H and O–H groups in total. The largest absolute Gasteiger partial charge is 0.352 e. The highest BCUT2D eigenvalue weighted by atomic mass is 32.2. The Balaban J connectivity index is 1.53. The number of likely N-dealkylation sites (tertiary alicyclic amines) is 1. The van der Waals surface area contributed by atoms with Crippen LogP contribution in [-0.4, -0.2) is 52.5 Å². The van der Waals surface area contributed by atoms with Crippen LogP contribution in [0.3, 0.4) is 0 Å². The minimum atomic E-state index is -3.63. The molecule has 1 aliphatic rings. The number of nitrogens with one attached hydrogen (secondary N) is 1. The second-order valence-electron chi connectivity index (χ2n) is 7.34. The molecule has 2 aromatic rings. The first-order valence-corrected chi connectivity index (χ1v) is 11.6. The van der Waals surface area contributed by atoms with Crippen LogP contribution >= 0.6 is 0 Å². The first-order chi connectivity index (χ1) is 14.0. The van der Waals surface area contributed by atoms with Gasteiger partial charge < -0.3 is 10.2 Å². The molecular weight excluding hydrogens is 386 g/mol. The molecule has 0 spiro atoms. The summed E-state index contributed by atoms with van der Waals surface area (Å²) in [4.78, 5) is 15.0. The number of benzene rings is 2. The third kappa shape index (κ3) is 5.58. The van der Waals surface area contributed by atoms with Gasteiger partial charge in [0.25, 0.3) is 15.9 Å². The van der Waals surface area contributed by atoms with Crippen LogP contribution in [0.25, 0.3) is 0 Å². The Bertz CT molecular complexity index is 893. The second-order valence-corrected chi connectivity index (χ2v) is 9.31. The predicted molar refractivity (Wildman–Crippen MR) is 116 cm³/mol. The minimum absolute atomic E-state index is 0.135. The summed E-state index contributed by atoms with van der Waals surface area (Å²) < 4.78 is 26.6. The van der Waals surface area contributed by atoms with Gasteiger partial charge in [0.05, 0.1) is 10.6 Å². The number of anilines is 1. The average molecular weight is 416 g/mol. The lowest BCUT2D eigenvalue weighted by molar-refractivity contribution is 0.0951. The van der Waals surface area contributed by atoms with Gasteiger partial charge in [-0.25, -0.2) is 8.42 Å². The van der Waals surface area contributed by atoms with E-state index in [9.17, 15) is 13.2 Å². The number of hydrogen-bond acceptors (Lipinski definition) is 4. The zero-order valence-electron chi connectivity index (χ0n) is 16.9. The molecule has 1 saturated heterocycles. The Labute approximate surface area is 173 Å². The summed E-state index contributed by atoms with van der Waals surface area (Å²) in [6.45, 7) is 3.98. The molecule has 0 radical (unpaired) electrons. The normalized spacial score (nSPS) is 15.1. The van der Waals surface area contributed by atoms with Crippen LogP contribution in [0.4, 0.5) is 5.69 Å². The van der Waals surface area contributed by atoms with Gasteiger partial charge in [-0.2, -0.15) is 0 Å². The van der Waals surface area contributed by atoms with Crippen LogP contribution in [0, 0.1) is 0 Å². The molecular formula is C22H29N3O3S. The number of piperidine rings is 1. The third-order valence-corrected chi connectivity index (χ3v) is 7.08. The van der Waals surface area contributed by atoms with Crippen LogP contribution in [-0.2, 0) is 10.0 Å². The molecule has 156 valence electrons. The molecule has 0 aromatic heterocycles. The lowest BCUT2D eigenvalue weighted by Gasteiger charge is -2.26. The standard InChI is InChI=1S/C22H29N3O3S/c1-24(29(27,28)21-9-4-2-5-10-21)20-13-11-19(12-14-20)22(26)23-15-8-18-25-16-6-3-7-17-25/h2,4-5,9-14H,3,6-8,15-18H2,1H3,(H,23,26). The van der Waals surface area contributed by atoms with Gasteiger partial charge in [0.1, 0.15) is 0 Å². The van der Waals surface area contributed by atoms with Crippen LogP contribution in [0.5, 0.6) is 0 Å². The zero-order chi connectivity index (χ0) is 20.7. The number of carbonyl (C=O) groups is 1. The van der Waals surface area contributed by atoms with Crippen molar-refractivity contribution in [2.24, 2.45) is 0 Å². The van der Waals surface area contributed by atoms with E-state index < -0.39 is 10.0 Å². The smallest absolute Gasteiger partial charge is 0.264 e. The van der Waals surface area contributed by atoms with E-state index in [0.717, 1.165) is 26.1 Å². The first kappa shape index (κ1) is 21.3. The van der Waals surface area contributed by atoms with Crippen molar-refractivity contribution in [2.45, 2.75) is 30.6 Å². The monoisotopic (exact) mass is 415 g/mol. The fourth-order valence-corrected chi connectivity index (χ4v) is 4.72. The summed E-state index contributed by atoms with van der Waals surface area (Å²) in [5.41, 5.74) is 1.03. The maximum absolute atomic E-state index is 12.7. The van der Waals surface area contributed by atoms with E-state index >= 15 is 0 Å². The SMILES string of the molecule is CN(c1ccc(C(=O)NCCCN2CCCCC2)cc1)S(=O)(=O)c1ccccc1. The van der Waals surface area contributed by atoms with Crippen LogP contribution < -0.4 is 9.62 Å². The molecule has 0 aliphatic carbocycles. The summed E-state index contributed by atoms with van der Waals surface area (Å²) in [5, 5.41) is 2.95. The molecule has 0 bridgehead atoms. The van der Waals surface area contributed by atoms with Gasteiger partial charge in [-0.3, -0.25) is 9.10 Å². The van der Waals surface area contributed by atoms with Crippen molar-refractivity contribution in [1.29, 1.82) is 0 Å². The van der Waals surface area contributed by atoms with Crippen molar-refractivity contribution in [1.82, 2.24) is 10.2 Å². The maximum atomic E-state index is 12.7. The van der Waals surface area contributed by atoms with E-state index in [1.165, 1.54) is 30.6 Å². The Morgan fingerprint density at radius 3 is 2.31 bits per heavy atom. The minimum Gasteiger partial charge on any atom is -0.352 e. The molecule has 0 atom stereocenters. The van der Waals surface area contributed by atoms with E-state index in [2.05, 4.69) is 10.2 Å². The topological polar surface area (TPSA) is 69.7 Å². The Morgan fingerprint density at radius 1 is 1.00 bits per heavy atom. The molecule has 6 nitrogen and oxygen atoms in total. The highest BCUT2D eigenvalue weighted by Crippen LogP contribution is 2.22. The van der Waals surface area contributed by atoms with E-state index in [1.54, 1.807) is 54.6 Å². The van der Waals surface area contributed by atoms with Crippen molar-refractivity contribution in [3.8, 4) is 0 Å². The number of rotatable bonds is 8. The molecule has 0 unspecified atom stereocenters. The van der Waals surface area contributed by atoms with Crippen molar-refractivity contribution in [3.05, 3.63) is 60.2 Å². The Kier molecular flexibility index (Phi) is 7.28. The van der Waals surface area contributed by atoms with Crippen molar-refractivity contribution in [3.63, 3.8) is 0 Å². The van der Waals surface area contributed by atoms with Gasteiger partial charge in [0, 0.05) is 19.2 Å². The van der Waals surface area contributed by atoms with Gasteiger partial charge in [0.15, 0.2) is 0 Å². The molecule has 0 saturated carbocycles. The Hall–Kier alpha value is -2.38. The average Bonchev–Trinajstić information content (AvgIpc) is 2.77. The van der Waals surface area contributed by atoms with Gasteiger partial charge in [0.2, 0.25) is 0 Å². The highest BCUT2D eigenvalue weighted by molar-refractivity contribution is 7.92. The molecule has 1 heterocycles. The van der Waals surface area contributed by atoms with E-state index in [4.69, 9.17) is 0 Å². The zero-order valence-corrected chi connectivity index (χ0v) is 17.7. The van der Waals surface area contributed by atoms with Gasteiger partial charge >= 0.3 is 0 Å². The van der Waals surface area contributed by atoms with E-state index in [-0.39, 0.29) is 10.8 Å². The fourth-order valence-electron chi connectivity index (χ4n) is 3.50. The molecule has 2 aromatic carbocycles. The summed E-state index contributed by atoms with van der Waals surface area (Å²) in [5.74, 6) is -0.135. The molecule has 3 rings (SSSR count). The molecule has 29 heavy (non-hydrogen) atoms. The summed E-state index contributed by atoms with van der Waals surface area (Å²) in [6.07, 6.45) is 4.80. The number of sulfonamides is 1. The highest BCUT2D eigenvalue weighted by Gasteiger charge is 2.21. The Morgan fingerprint density at radius 2 is 1.66 bits per heavy atom. The second kappa shape index (κ2) is 9.89. The van der Waals surface area contributed by atoms with Crippen molar-refractivity contribution in [2.75, 3.05) is 37.5 Å². The van der Waals surface area contributed by atoms with Crippen molar-refractivity contribution < 1.29 is 13.2 Å². The summed E-state index contributed by atoms with van der Waals surface area (Å²) in [7, 11) is -2.11. The van der Waals surface area contributed by atoms with Gasteiger partial charge in [-0.1, -0.05) is 24.6 Å². The summed E-state index contributed by atoms with van der Waals surface area (Å²) >= 11 is 0. The number of carbonyl (C=O) groups excluding carboxylic acids is 1. The maximum Gasteiger partial charge on any atom is 0.264 e. The van der Waals surface area contributed by atoms with E-state index in [0.29, 0.717) is 17.8 Å². The first-order valence-electron chi connectivity index (χ1n) is 10.1. The quantitative estimate of drug-likeness (QED) is 0.673. The number of hydrogen-bond donors (Lipinski definition) is 1. The van der Waals surface area contributed by atoms with Gasteiger partial charge in [-0.05, 0) is 75.3 Å². The van der Waals surface area contributed by atoms with Crippen LogP contribution in [0.15, 0.2) is 59.5 Å². The van der Waals surface area contributed by atoms with Crippen LogP contribution in [0.1, 0.15) is 36.0 Å². The lowest BCUT2D eigenvalue weighted by Crippen LogP contribution is -2.33. The molecule has 1 amide bonds. The predicted octanol–water partition coefficient (Wildman–Crippen LogP) is 3.12. The molecule has 1 fully saturated rings. The fraction of sp³-hybridized carbons (Fsp3) is 0.409. The van der Waals surface area contributed by atoms with Gasteiger partial charge in [-0.15, -0.1) is 0 Å². The molecule has 7 heteroatoms. The van der Waals surface area contributed by atoms with Crippen molar-refractivity contribution >= 4 is 21.6 Å². The number of amides is 1. The lowest BCUT2D eigenvalue weighted by atomic mass is 10.1. The number of nitrogens with zero attached hydrogens (tertiary/aromatic N) is 2. The molecule has 1 aliphatic heterocycles. The summed E-state index contributed by atoms with van der Waals surface area (Å²) in [6, 6.07) is 14.9. The van der Waals surface area contributed by atoms with E-state index in [1.807, 2.05) is 0 Å². The van der Waals surface area contributed by atoms with Crippen LogP contribution in [0.2, 0.25) is 0 Å². The third-order valence-electron chi connectivity index (χ3n) is 5.28.